The Balaban J connectivity index is 3.23. The van der Waals surface area contributed by atoms with Crippen molar-refractivity contribution in [1.29, 1.82) is 0 Å². The van der Waals surface area contributed by atoms with Crippen LogP contribution < -0.4 is 0 Å². The van der Waals surface area contributed by atoms with Crippen LogP contribution in [-0.4, -0.2) is 50.6 Å². The predicted molar refractivity (Wildman–Crippen MR) is 49.8 cm³/mol. The molecular weight excluding hydrogens is 191 g/mol. The van der Waals surface area contributed by atoms with Crippen molar-refractivity contribution in [1.82, 2.24) is 0 Å². The van der Waals surface area contributed by atoms with Crippen molar-refractivity contribution in [2.45, 2.75) is 26.2 Å². The third-order valence-corrected chi connectivity index (χ3v) is 1.49. The number of rotatable bonds is 9. The lowest BCUT2D eigenvalue weighted by molar-refractivity contribution is -0.137. The molecule has 0 aliphatic heterocycles. The Kier molecular flexibility index (Phi) is 9.18. The van der Waals surface area contributed by atoms with E-state index in [1.807, 2.05) is 6.92 Å². The van der Waals surface area contributed by atoms with Crippen molar-refractivity contribution in [2.24, 2.45) is 0 Å². The average molecular weight is 210 g/mol. The molecule has 2 atom stereocenters. The van der Waals surface area contributed by atoms with Gasteiger partial charge in [-0.25, -0.2) is 4.39 Å². The van der Waals surface area contributed by atoms with Crippen LogP contribution in [0.3, 0.4) is 0 Å². The second kappa shape index (κ2) is 9.33. The van der Waals surface area contributed by atoms with E-state index < -0.39 is 13.0 Å². The fraction of sp³-hybridized carbons (Fsp3) is 1.00. The van der Waals surface area contributed by atoms with Gasteiger partial charge in [0.15, 0.2) is 6.29 Å². The zero-order valence-electron chi connectivity index (χ0n) is 8.74. The molecule has 0 spiro atoms. The number of ether oxygens (including phenoxy) is 3. The number of hydrogen-bond donors (Lipinski definition) is 1. The first-order valence-corrected chi connectivity index (χ1v) is 4.75. The Bertz CT molecular complexity index is 123. The quantitative estimate of drug-likeness (QED) is 0.450. The summed E-state index contributed by atoms with van der Waals surface area (Å²) in [7, 11) is 0. The van der Waals surface area contributed by atoms with E-state index in [4.69, 9.17) is 19.3 Å². The number of halogens is 1. The van der Waals surface area contributed by atoms with Gasteiger partial charge in [-0.3, -0.25) is 0 Å². The molecule has 0 bridgehead atoms. The molecule has 86 valence electrons. The van der Waals surface area contributed by atoms with Crippen LogP contribution in [0.4, 0.5) is 4.39 Å². The van der Waals surface area contributed by atoms with Crippen molar-refractivity contribution in [3.8, 4) is 0 Å². The van der Waals surface area contributed by atoms with Gasteiger partial charge in [-0.15, -0.1) is 0 Å². The molecule has 0 aliphatic rings. The third kappa shape index (κ3) is 8.37. The van der Waals surface area contributed by atoms with Gasteiger partial charge >= 0.3 is 0 Å². The highest BCUT2D eigenvalue weighted by atomic mass is 19.1. The van der Waals surface area contributed by atoms with Gasteiger partial charge < -0.3 is 19.3 Å². The molecule has 4 nitrogen and oxygen atoms in total. The van der Waals surface area contributed by atoms with Gasteiger partial charge in [-0.05, 0) is 13.8 Å². The monoisotopic (exact) mass is 210 g/mol. The summed E-state index contributed by atoms with van der Waals surface area (Å²) in [6, 6.07) is 0. The summed E-state index contributed by atoms with van der Waals surface area (Å²) in [5, 5.41) is 8.74. The van der Waals surface area contributed by atoms with Gasteiger partial charge in [-0.2, -0.15) is 0 Å². The van der Waals surface area contributed by atoms with E-state index in [2.05, 4.69) is 0 Å². The van der Waals surface area contributed by atoms with E-state index in [0.29, 0.717) is 19.8 Å². The van der Waals surface area contributed by atoms with Crippen molar-refractivity contribution in [3.05, 3.63) is 0 Å². The molecule has 0 aromatic carbocycles. The van der Waals surface area contributed by atoms with E-state index in [9.17, 15) is 4.39 Å². The summed E-state index contributed by atoms with van der Waals surface area (Å²) in [6.07, 6.45) is -1.51. The van der Waals surface area contributed by atoms with E-state index in [1.165, 1.54) is 0 Å². The summed E-state index contributed by atoms with van der Waals surface area (Å²) >= 11 is 0. The van der Waals surface area contributed by atoms with Crippen LogP contribution in [0.25, 0.3) is 0 Å². The highest BCUT2D eigenvalue weighted by molar-refractivity contribution is 4.48. The Labute approximate surface area is 84.0 Å². The van der Waals surface area contributed by atoms with E-state index >= 15 is 0 Å². The molecule has 0 saturated carbocycles. The number of aliphatic hydroxyl groups excluding tert-OH is 1. The second-order valence-electron chi connectivity index (χ2n) is 2.82. The first-order valence-electron chi connectivity index (χ1n) is 4.75. The molecule has 0 aliphatic carbocycles. The maximum absolute atomic E-state index is 11.8. The minimum Gasteiger partial charge on any atom is -0.379 e. The van der Waals surface area contributed by atoms with Crippen molar-refractivity contribution in [3.63, 3.8) is 0 Å². The maximum atomic E-state index is 11.8. The van der Waals surface area contributed by atoms with Crippen LogP contribution in [0.15, 0.2) is 0 Å². The molecule has 0 radical (unpaired) electrons. The molecule has 0 heterocycles. The molecule has 1 N–H and O–H groups in total. The van der Waals surface area contributed by atoms with Crippen LogP contribution in [0.5, 0.6) is 0 Å². The van der Waals surface area contributed by atoms with Crippen molar-refractivity contribution in [2.75, 3.05) is 33.1 Å². The zero-order chi connectivity index (χ0) is 10.8. The Hall–Kier alpha value is -0.230. The molecule has 0 fully saturated rings. The van der Waals surface area contributed by atoms with Crippen LogP contribution in [-0.2, 0) is 14.2 Å². The molecule has 0 rings (SSSR count). The lowest BCUT2D eigenvalue weighted by atomic mass is 10.4. The smallest absolute Gasteiger partial charge is 0.183 e. The summed E-state index contributed by atoms with van der Waals surface area (Å²) in [6.45, 7) is 4.65. The Morgan fingerprint density at radius 3 is 2.57 bits per heavy atom. The van der Waals surface area contributed by atoms with Crippen molar-refractivity contribution >= 4 is 0 Å². The summed E-state index contributed by atoms with van der Waals surface area (Å²) < 4.78 is 26.8. The first-order chi connectivity index (χ1) is 6.70. The van der Waals surface area contributed by atoms with Gasteiger partial charge in [0.2, 0.25) is 0 Å². The van der Waals surface area contributed by atoms with Crippen LogP contribution in [0.1, 0.15) is 13.8 Å². The Morgan fingerprint density at radius 2 is 2.00 bits per heavy atom. The standard InChI is InChI=1S/C9H19FO4/c1-3-12-4-5-13-8(2)7-14-9(11)6-10/h8-9,11H,3-7H2,1-2H3. The molecule has 14 heavy (non-hydrogen) atoms. The molecule has 0 saturated heterocycles. The fourth-order valence-corrected chi connectivity index (χ4v) is 0.792. The molecular formula is C9H19FO4. The zero-order valence-corrected chi connectivity index (χ0v) is 8.74. The number of hydrogen-bond acceptors (Lipinski definition) is 4. The predicted octanol–water partition coefficient (Wildman–Crippen LogP) is 0.732. The minimum atomic E-state index is -1.34. The topological polar surface area (TPSA) is 47.9 Å². The summed E-state index contributed by atoms with van der Waals surface area (Å²) in [5.41, 5.74) is 0. The molecule has 0 aromatic rings. The molecule has 5 heteroatoms. The van der Waals surface area contributed by atoms with E-state index in [0.717, 1.165) is 0 Å². The number of aliphatic hydroxyl groups is 1. The SMILES string of the molecule is CCOCCOC(C)COC(O)CF. The normalized spacial score (nSPS) is 15.4. The lowest BCUT2D eigenvalue weighted by Gasteiger charge is -2.15. The van der Waals surface area contributed by atoms with Gasteiger partial charge in [-0.1, -0.05) is 0 Å². The van der Waals surface area contributed by atoms with E-state index in [-0.39, 0.29) is 12.7 Å². The van der Waals surface area contributed by atoms with Gasteiger partial charge in [0.05, 0.1) is 25.9 Å². The minimum absolute atomic E-state index is 0.170. The second-order valence-corrected chi connectivity index (χ2v) is 2.82. The molecule has 2 unspecified atom stereocenters. The largest absolute Gasteiger partial charge is 0.379 e. The van der Waals surface area contributed by atoms with Gasteiger partial charge in [0.25, 0.3) is 0 Å². The summed E-state index contributed by atoms with van der Waals surface area (Å²) in [4.78, 5) is 0. The van der Waals surface area contributed by atoms with Gasteiger partial charge in [0, 0.05) is 6.61 Å². The van der Waals surface area contributed by atoms with Crippen LogP contribution in [0.2, 0.25) is 0 Å². The number of alkyl halides is 1. The highest BCUT2D eigenvalue weighted by Gasteiger charge is 2.07. The fourth-order valence-electron chi connectivity index (χ4n) is 0.792. The third-order valence-electron chi connectivity index (χ3n) is 1.49. The Morgan fingerprint density at radius 1 is 1.29 bits per heavy atom. The van der Waals surface area contributed by atoms with Crippen molar-refractivity contribution < 1.29 is 23.7 Å². The van der Waals surface area contributed by atoms with Crippen LogP contribution in [0, 0.1) is 0 Å². The molecule has 0 aromatic heterocycles. The average Bonchev–Trinajstić information content (AvgIpc) is 2.21. The van der Waals surface area contributed by atoms with Gasteiger partial charge in [0.1, 0.15) is 6.67 Å². The maximum Gasteiger partial charge on any atom is 0.183 e. The first kappa shape index (κ1) is 13.8. The van der Waals surface area contributed by atoms with Crippen LogP contribution >= 0.6 is 0 Å². The highest BCUT2D eigenvalue weighted by Crippen LogP contribution is 1.95. The lowest BCUT2D eigenvalue weighted by Crippen LogP contribution is -2.24. The molecule has 0 amide bonds. The van der Waals surface area contributed by atoms with E-state index in [1.54, 1.807) is 6.92 Å². The summed E-state index contributed by atoms with van der Waals surface area (Å²) in [5.74, 6) is 0.